The number of nitrogens with zero attached hydrogens (tertiary/aromatic N) is 1. The van der Waals surface area contributed by atoms with Crippen molar-refractivity contribution < 1.29 is 24.3 Å². The molecule has 4 atom stereocenters. The summed E-state index contributed by atoms with van der Waals surface area (Å²) in [5, 5.41) is 17.0. The first-order valence-electron chi connectivity index (χ1n) is 9.90. The van der Waals surface area contributed by atoms with Crippen LogP contribution >= 0.6 is 0 Å². The van der Waals surface area contributed by atoms with Crippen LogP contribution in [0.2, 0.25) is 0 Å². The summed E-state index contributed by atoms with van der Waals surface area (Å²) in [6.45, 7) is 6.69. The van der Waals surface area contributed by atoms with Crippen LogP contribution in [0.15, 0.2) is 12.5 Å². The first-order chi connectivity index (χ1) is 14.1. The molecule has 0 bridgehead atoms. The number of nitrogens with two attached hydrogens (primary N) is 1. The predicted molar refractivity (Wildman–Crippen MR) is 109 cm³/mol. The van der Waals surface area contributed by atoms with E-state index in [1.807, 2.05) is 6.92 Å². The minimum atomic E-state index is -1.15. The van der Waals surface area contributed by atoms with Gasteiger partial charge < -0.3 is 31.8 Å². The lowest BCUT2D eigenvalue weighted by Gasteiger charge is -2.28. The van der Waals surface area contributed by atoms with E-state index in [1.165, 1.54) is 12.5 Å². The van der Waals surface area contributed by atoms with E-state index in [1.54, 1.807) is 20.8 Å². The highest BCUT2D eigenvalue weighted by Crippen LogP contribution is 2.11. The zero-order valence-electron chi connectivity index (χ0n) is 17.8. The van der Waals surface area contributed by atoms with Crippen molar-refractivity contribution in [1.29, 1.82) is 0 Å². The molecule has 0 aliphatic carbocycles. The van der Waals surface area contributed by atoms with Crippen LogP contribution in [0.5, 0.6) is 0 Å². The zero-order chi connectivity index (χ0) is 22.8. The maximum atomic E-state index is 12.9. The molecule has 11 nitrogen and oxygen atoms in total. The number of amides is 3. The quantitative estimate of drug-likeness (QED) is 0.253. The molecule has 0 spiro atoms. The molecule has 0 aliphatic rings. The Morgan fingerprint density at radius 2 is 1.73 bits per heavy atom. The molecular weight excluding hydrogens is 392 g/mol. The van der Waals surface area contributed by atoms with Crippen molar-refractivity contribution >= 4 is 23.7 Å². The lowest BCUT2D eigenvalue weighted by atomic mass is 9.96. The van der Waals surface area contributed by atoms with Crippen LogP contribution < -0.4 is 21.7 Å². The van der Waals surface area contributed by atoms with Crippen LogP contribution in [0, 0.1) is 11.8 Å². The largest absolute Gasteiger partial charge is 0.480 e. The maximum Gasteiger partial charge on any atom is 0.326 e. The van der Waals surface area contributed by atoms with E-state index >= 15 is 0 Å². The highest BCUT2D eigenvalue weighted by Gasteiger charge is 2.33. The number of imidazole rings is 1. The number of aliphatic carboxylic acids is 1. The summed E-state index contributed by atoms with van der Waals surface area (Å²) < 4.78 is 0. The first-order valence-corrected chi connectivity index (χ1v) is 9.90. The van der Waals surface area contributed by atoms with E-state index in [0.717, 1.165) is 0 Å². The molecule has 3 amide bonds. The fraction of sp³-hybridized carbons (Fsp3) is 0.632. The molecule has 0 aliphatic heterocycles. The molecule has 1 aromatic rings. The van der Waals surface area contributed by atoms with E-state index in [-0.39, 0.29) is 24.8 Å². The summed E-state index contributed by atoms with van der Waals surface area (Å²) in [4.78, 5) is 55.7. The fourth-order valence-electron chi connectivity index (χ4n) is 2.79. The molecule has 168 valence electrons. The van der Waals surface area contributed by atoms with Gasteiger partial charge in [-0.2, -0.15) is 0 Å². The second-order valence-electron chi connectivity index (χ2n) is 7.55. The van der Waals surface area contributed by atoms with Gasteiger partial charge in [-0.15, -0.1) is 0 Å². The summed E-state index contributed by atoms with van der Waals surface area (Å²) >= 11 is 0. The van der Waals surface area contributed by atoms with Crippen molar-refractivity contribution in [3.63, 3.8) is 0 Å². The lowest BCUT2D eigenvalue weighted by Crippen LogP contribution is -2.59. The van der Waals surface area contributed by atoms with Crippen molar-refractivity contribution in [2.45, 2.75) is 58.7 Å². The number of H-pyrrole nitrogens is 1. The maximum absolute atomic E-state index is 12.9. The molecular formula is C19H32N6O5. The summed E-state index contributed by atoms with van der Waals surface area (Å²) in [6, 6.07) is -3.04. The molecule has 4 unspecified atom stereocenters. The number of rotatable bonds is 12. The van der Waals surface area contributed by atoms with Gasteiger partial charge in [0, 0.05) is 18.3 Å². The van der Waals surface area contributed by atoms with Gasteiger partial charge in [-0.3, -0.25) is 14.4 Å². The molecule has 1 aromatic heterocycles. The molecule has 0 saturated heterocycles. The summed E-state index contributed by atoms with van der Waals surface area (Å²) in [7, 11) is 0. The Kier molecular flexibility index (Phi) is 9.96. The Balaban J connectivity index is 3.01. The van der Waals surface area contributed by atoms with Crippen LogP contribution in [0.4, 0.5) is 0 Å². The average molecular weight is 425 g/mol. The highest BCUT2D eigenvalue weighted by atomic mass is 16.4. The molecule has 1 heterocycles. The molecule has 0 radical (unpaired) electrons. The molecule has 0 saturated carbocycles. The average Bonchev–Trinajstić information content (AvgIpc) is 3.21. The van der Waals surface area contributed by atoms with Crippen molar-refractivity contribution in [2.24, 2.45) is 17.6 Å². The second kappa shape index (κ2) is 11.9. The molecule has 0 aromatic carbocycles. The molecule has 7 N–H and O–H groups in total. The third-order valence-electron chi connectivity index (χ3n) is 4.84. The third kappa shape index (κ3) is 7.47. The standard InChI is InChI=1S/C19H32N6O5/c1-5-11(4)16(18(28)24-15(10(2)3)19(29)30)25-17(27)13(23-14(26)7-20)6-12-8-21-9-22-12/h8-11,13,15-16H,5-7,20H2,1-4H3,(H,21,22)(H,23,26)(H,24,28)(H,25,27)(H,29,30). The lowest BCUT2D eigenvalue weighted by molar-refractivity contribution is -0.144. The number of nitrogens with one attached hydrogen (secondary N) is 4. The van der Waals surface area contributed by atoms with Gasteiger partial charge >= 0.3 is 5.97 Å². The monoisotopic (exact) mass is 424 g/mol. The van der Waals surface area contributed by atoms with Crippen LogP contribution in [-0.4, -0.2) is 63.4 Å². The summed E-state index contributed by atoms with van der Waals surface area (Å²) in [5.41, 5.74) is 5.95. The normalized spacial score (nSPS) is 15.0. The minimum Gasteiger partial charge on any atom is -0.480 e. The van der Waals surface area contributed by atoms with E-state index < -0.39 is 41.8 Å². The van der Waals surface area contributed by atoms with Gasteiger partial charge in [0.2, 0.25) is 17.7 Å². The fourth-order valence-corrected chi connectivity index (χ4v) is 2.79. The summed E-state index contributed by atoms with van der Waals surface area (Å²) in [5.74, 6) is -3.46. The topological polar surface area (TPSA) is 179 Å². The van der Waals surface area contributed by atoms with E-state index in [2.05, 4.69) is 25.9 Å². The van der Waals surface area contributed by atoms with Crippen LogP contribution in [-0.2, 0) is 25.6 Å². The predicted octanol–water partition coefficient (Wildman–Crippen LogP) is -0.848. The Hall–Kier alpha value is -2.95. The summed E-state index contributed by atoms with van der Waals surface area (Å²) in [6.07, 6.45) is 3.66. The minimum absolute atomic E-state index is 0.121. The van der Waals surface area contributed by atoms with Crippen LogP contribution in [0.3, 0.4) is 0 Å². The molecule has 11 heteroatoms. The van der Waals surface area contributed by atoms with Crippen molar-refractivity contribution in [3.8, 4) is 0 Å². The first kappa shape index (κ1) is 25.1. The van der Waals surface area contributed by atoms with Crippen molar-refractivity contribution in [3.05, 3.63) is 18.2 Å². The molecule has 1 rings (SSSR count). The number of aromatic nitrogens is 2. The Labute approximate surface area is 175 Å². The number of hydrogen-bond acceptors (Lipinski definition) is 6. The highest BCUT2D eigenvalue weighted by molar-refractivity contribution is 5.93. The Morgan fingerprint density at radius 1 is 1.10 bits per heavy atom. The smallest absolute Gasteiger partial charge is 0.326 e. The van der Waals surface area contributed by atoms with E-state index in [9.17, 15) is 24.3 Å². The molecule has 30 heavy (non-hydrogen) atoms. The zero-order valence-corrected chi connectivity index (χ0v) is 17.8. The third-order valence-corrected chi connectivity index (χ3v) is 4.84. The van der Waals surface area contributed by atoms with Gasteiger partial charge in [-0.25, -0.2) is 9.78 Å². The molecule has 0 fully saturated rings. The Morgan fingerprint density at radius 3 is 2.20 bits per heavy atom. The van der Waals surface area contributed by atoms with E-state index in [0.29, 0.717) is 12.1 Å². The van der Waals surface area contributed by atoms with Crippen LogP contribution in [0.1, 0.15) is 39.8 Å². The number of carbonyl (C=O) groups is 4. The van der Waals surface area contributed by atoms with Gasteiger partial charge in [-0.1, -0.05) is 34.1 Å². The number of hydrogen-bond donors (Lipinski definition) is 6. The van der Waals surface area contributed by atoms with Gasteiger partial charge in [-0.05, 0) is 11.8 Å². The second-order valence-corrected chi connectivity index (χ2v) is 7.55. The van der Waals surface area contributed by atoms with Crippen molar-refractivity contribution in [2.75, 3.05) is 6.54 Å². The Bertz CT molecular complexity index is 721. The number of carbonyl (C=O) groups excluding carboxylic acids is 3. The number of carboxylic acid groups (broad SMARTS) is 1. The van der Waals surface area contributed by atoms with Gasteiger partial charge in [0.1, 0.15) is 18.1 Å². The van der Waals surface area contributed by atoms with Crippen molar-refractivity contribution in [1.82, 2.24) is 25.9 Å². The van der Waals surface area contributed by atoms with Gasteiger partial charge in [0.15, 0.2) is 0 Å². The van der Waals surface area contributed by atoms with Gasteiger partial charge in [0.05, 0.1) is 12.9 Å². The number of carboxylic acids is 1. The SMILES string of the molecule is CCC(C)C(NC(=O)C(Cc1cnc[nH]1)NC(=O)CN)C(=O)NC(C(=O)O)C(C)C. The van der Waals surface area contributed by atoms with Crippen LogP contribution in [0.25, 0.3) is 0 Å². The van der Waals surface area contributed by atoms with Gasteiger partial charge in [0.25, 0.3) is 0 Å². The number of aromatic amines is 1. The van der Waals surface area contributed by atoms with E-state index in [4.69, 9.17) is 5.73 Å².